The molecule has 1 fully saturated rings. The summed E-state index contributed by atoms with van der Waals surface area (Å²) in [7, 11) is 0. The molecule has 100 valence electrons. The minimum absolute atomic E-state index is 0.734. The molecule has 1 aromatic carbocycles. The van der Waals surface area contributed by atoms with Crippen LogP contribution in [-0.2, 0) is 0 Å². The van der Waals surface area contributed by atoms with Gasteiger partial charge >= 0.3 is 0 Å². The quantitative estimate of drug-likeness (QED) is 0.806. The molecule has 0 radical (unpaired) electrons. The fourth-order valence-electron chi connectivity index (χ4n) is 2.05. The van der Waals surface area contributed by atoms with Gasteiger partial charge in [0, 0.05) is 11.0 Å². The molecule has 1 N–H and O–H groups in total. The second-order valence-corrected chi connectivity index (χ2v) is 6.71. The molecule has 2 rings (SSSR count). The van der Waals surface area contributed by atoms with Gasteiger partial charge in [-0.3, -0.25) is 0 Å². The van der Waals surface area contributed by atoms with E-state index in [0.29, 0.717) is 0 Å². The van der Waals surface area contributed by atoms with E-state index >= 15 is 0 Å². The van der Waals surface area contributed by atoms with Gasteiger partial charge in [0.15, 0.2) is 0 Å². The van der Waals surface area contributed by atoms with Crippen LogP contribution in [0.1, 0.15) is 12.8 Å². The van der Waals surface area contributed by atoms with Crippen molar-refractivity contribution in [1.82, 2.24) is 5.32 Å². The summed E-state index contributed by atoms with van der Waals surface area (Å²) in [5, 5.41) is 3.49. The molecule has 1 aliphatic heterocycles. The zero-order valence-corrected chi connectivity index (χ0v) is 12.9. The summed E-state index contributed by atoms with van der Waals surface area (Å²) in [4.78, 5) is 0. The van der Waals surface area contributed by atoms with Gasteiger partial charge in [-0.2, -0.15) is 11.8 Å². The number of rotatable bonds is 6. The molecule has 0 aromatic heterocycles. The van der Waals surface area contributed by atoms with Crippen LogP contribution in [0.2, 0.25) is 0 Å². The second-order valence-electron chi connectivity index (χ2n) is 4.57. The molecule has 0 aliphatic carbocycles. The Morgan fingerprint density at radius 1 is 1.33 bits per heavy atom. The third-order valence-electron chi connectivity index (χ3n) is 3.12. The van der Waals surface area contributed by atoms with Crippen molar-refractivity contribution in [3.63, 3.8) is 0 Å². The van der Waals surface area contributed by atoms with Gasteiger partial charge in [-0.15, -0.1) is 0 Å². The summed E-state index contributed by atoms with van der Waals surface area (Å²) in [6.45, 7) is 2.80. The predicted octanol–water partition coefficient (Wildman–Crippen LogP) is 3.56. The smallest absolute Gasteiger partial charge is 0.120 e. The van der Waals surface area contributed by atoms with Crippen LogP contribution in [0.15, 0.2) is 28.7 Å². The van der Waals surface area contributed by atoms with E-state index in [4.69, 9.17) is 4.74 Å². The molecule has 4 heteroatoms. The van der Waals surface area contributed by atoms with Gasteiger partial charge in [0.25, 0.3) is 0 Å². The summed E-state index contributed by atoms with van der Waals surface area (Å²) in [6.07, 6.45) is 2.73. The van der Waals surface area contributed by atoms with Crippen LogP contribution in [0, 0.1) is 5.92 Å². The third-order valence-corrected chi connectivity index (χ3v) is 4.66. The molecular weight excluding hydrogens is 310 g/mol. The van der Waals surface area contributed by atoms with E-state index in [1.807, 2.05) is 24.3 Å². The van der Waals surface area contributed by atoms with Crippen LogP contribution in [0.4, 0.5) is 0 Å². The molecule has 0 unspecified atom stereocenters. The highest BCUT2D eigenvalue weighted by atomic mass is 79.9. The fraction of sp³-hybridized carbons (Fsp3) is 0.571. The van der Waals surface area contributed by atoms with Crippen molar-refractivity contribution < 1.29 is 4.74 Å². The molecule has 1 heterocycles. The highest BCUT2D eigenvalue weighted by molar-refractivity contribution is 9.10. The van der Waals surface area contributed by atoms with Crippen molar-refractivity contribution in [2.45, 2.75) is 12.8 Å². The van der Waals surface area contributed by atoms with E-state index in [-0.39, 0.29) is 0 Å². The number of nitrogens with one attached hydrogen (secondary N) is 1. The average molecular weight is 330 g/mol. The Labute approximate surface area is 122 Å². The number of halogens is 1. The standard InChI is InChI=1S/C14H20BrNOS/c15-13-2-1-3-14(10-13)17-7-6-16-11-12-4-8-18-9-5-12/h1-3,10,12,16H,4-9,11H2. The van der Waals surface area contributed by atoms with Crippen LogP contribution in [0.3, 0.4) is 0 Å². The maximum Gasteiger partial charge on any atom is 0.120 e. The molecule has 0 atom stereocenters. The SMILES string of the molecule is Brc1cccc(OCCNCC2CCSCC2)c1. The molecule has 1 aliphatic rings. The Hall–Kier alpha value is -0.190. The van der Waals surface area contributed by atoms with Gasteiger partial charge in [0.05, 0.1) is 0 Å². The van der Waals surface area contributed by atoms with Crippen molar-refractivity contribution in [2.75, 3.05) is 31.2 Å². The van der Waals surface area contributed by atoms with Crippen LogP contribution in [-0.4, -0.2) is 31.2 Å². The van der Waals surface area contributed by atoms with Gasteiger partial charge in [0.2, 0.25) is 0 Å². The van der Waals surface area contributed by atoms with Crippen molar-refractivity contribution in [1.29, 1.82) is 0 Å². The summed E-state index contributed by atoms with van der Waals surface area (Å²) in [5.41, 5.74) is 0. The minimum Gasteiger partial charge on any atom is -0.492 e. The molecular formula is C14H20BrNOS. The number of hydrogen-bond donors (Lipinski definition) is 1. The summed E-state index contributed by atoms with van der Waals surface area (Å²) in [6, 6.07) is 7.99. The zero-order chi connectivity index (χ0) is 12.6. The first-order chi connectivity index (χ1) is 8.84. The largest absolute Gasteiger partial charge is 0.492 e. The van der Waals surface area contributed by atoms with E-state index < -0.39 is 0 Å². The molecule has 0 spiro atoms. The van der Waals surface area contributed by atoms with Crippen LogP contribution >= 0.6 is 27.7 Å². The molecule has 0 amide bonds. The van der Waals surface area contributed by atoms with Gasteiger partial charge in [-0.25, -0.2) is 0 Å². The fourth-order valence-corrected chi connectivity index (χ4v) is 3.64. The van der Waals surface area contributed by atoms with Gasteiger partial charge in [-0.1, -0.05) is 22.0 Å². The predicted molar refractivity (Wildman–Crippen MR) is 82.6 cm³/mol. The first-order valence-corrected chi connectivity index (χ1v) is 8.46. The number of ether oxygens (including phenoxy) is 1. The summed E-state index contributed by atoms with van der Waals surface area (Å²) < 4.78 is 6.74. The van der Waals surface area contributed by atoms with Crippen molar-refractivity contribution in [3.8, 4) is 5.75 Å². The Morgan fingerprint density at radius 3 is 2.94 bits per heavy atom. The van der Waals surface area contributed by atoms with Crippen LogP contribution in [0.25, 0.3) is 0 Å². The first-order valence-electron chi connectivity index (χ1n) is 6.51. The minimum atomic E-state index is 0.734. The van der Waals surface area contributed by atoms with Crippen LogP contribution in [0.5, 0.6) is 5.75 Å². The lowest BCUT2D eigenvalue weighted by Crippen LogP contribution is -2.29. The highest BCUT2D eigenvalue weighted by Gasteiger charge is 2.12. The lowest BCUT2D eigenvalue weighted by Gasteiger charge is -2.21. The molecule has 0 saturated carbocycles. The molecule has 1 saturated heterocycles. The molecule has 0 bridgehead atoms. The Balaban J connectivity index is 1.55. The van der Waals surface area contributed by atoms with Crippen LogP contribution < -0.4 is 10.1 Å². The van der Waals surface area contributed by atoms with Crippen molar-refractivity contribution >= 4 is 27.7 Å². The monoisotopic (exact) mass is 329 g/mol. The number of hydrogen-bond acceptors (Lipinski definition) is 3. The lowest BCUT2D eigenvalue weighted by atomic mass is 10.0. The summed E-state index contributed by atoms with van der Waals surface area (Å²) >= 11 is 5.52. The van der Waals surface area contributed by atoms with E-state index in [9.17, 15) is 0 Å². The van der Waals surface area contributed by atoms with E-state index in [1.54, 1.807) is 0 Å². The van der Waals surface area contributed by atoms with Gasteiger partial charge < -0.3 is 10.1 Å². The Bertz CT molecular complexity index is 355. The average Bonchev–Trinajstić information content (AvgIpc) is 2.40. The molecule has 1 aromatic rings. The van der Waals surface area contributed by atoms with Crippen molar-refractivity contribution in [3.05, 3.63) is 28.7 Å². The van der Waals surface area contributed by atoms with E-state index in [0.717, 1.165) is 35.8 Å². The molecule has 18 heavy (non-hydrogen) atoms. The van der Waals surface area contributed by atoms with E-state index in [1.165, 1.54) is 24.3 Å². The van der Waals surface area contributed by atoms with Crippen molar-refractivity contribution in [2.24, 2.45) is 5.92 Å². The van der Waals surface area contributed by atoms with Gasteiger partial charge in [-0.05, 0) is 55.0 Å². The Morgan fingerprint density at radius 2 is 2.17 bits per heavy atom. The second kappa shape index (κ2) is 8.08. The number of thioether (sulfide) groups is 1. The zero-order valence-electron chi connectivity index (χ0n) is 10.5. The number of benzene rings is 1. The Kier molecular flexibility index (Phi) is 6.38. The topological polar surface area (TPSA) is 21.3 Å². The lowest BCUT2D eigenvalue weighted by molar-refractivity contribution is 0.306. The maximum absolute atomic E-state index is 5.68. The first kappa shape index (κ1) is 14.2. The summed E-state index contributed by atoms with van der Waals surface area (Å²) in [5.74, 6) is 4.47. The van der Waals surface area contributed by atoms with E-state index in [2.05, 4.69) is 33.0 Å². The maximum atomic E-state index is 5.68. The normalized spacial score (nSPS) is 16.7. The third kappa shape index (κ3) is 5.21. The van der Waals surface area contributed by atoms with Gasteiger partial charge in [0.1, 0.15) is 12.4 Å². The highest BCUT2D eigenvalue weighted by Crippen LogP contribution is 2.21. The molecule has 2 nitrogen and oxygen atoms in total.